The van der Waals surface area contributed by atoms with Crippen LogP contribution in [-0.2, 0) is 9.53 Å². The summed E-state index contributed by atoms with van der Waals surface area (Å²) in [5, 5.41) is 2.00. The lowest BCUT2D eigenvalue weighted by molar-refractivity contribution is -0.123. The molecule has 3 aromatic carbocycles. The Morgan fingerprint density at radius 2 is 1.82 bits per heavy atom. The van der Waals surface area contributed by atoms with E-state index in [9.17, 15) is 9.59 Å². The number of halogens is 2. The number of carbonyl (C=O) groups is 2. The molecular formula is C24H22Br2N2O5. The van der Waals surface area contributed by atoms with Crippen molar-refractivity contribution in [3.63, 3.8) is 0 Å². The molecule has 1 aliphatic heterocycles. The van der Waals surface area contributed by atoms with Crippen molar-refractivity contribution in [2.24, 2.45) is 0 Å². The fourth-order valence-corrected chi connectivity index (χ4v) is 4.39. The van der Waals surface area contributed by atoms with Crippen LogP contribution < -0.4 is 20.3 Å². The van der Waals surface area contributed by atoms with Crippen molar-refractivity contribution in [2.75, 3.05) is 19.8 Å². The van der Waals surface area contributed by atoms with Crippen molar-refractivity contribution < 1.29 is 23.8 Å². The van der Waals surface area contributed by atoms with E-state index in [1.807, 2.05) is 24.3 Å². The molecule has 9 heteroatoms. The van der Waals surface area contributed by atoms with E-state index in [4.69, 9.17) is 14.2 Å². The number of nitrogens with one attached hydrogen (secondary N) is 2. The average Bonchev–Trinajstić information content (AvgIpc) is 3.35. The van der Waals surface area contributed by atoms with Gasteiger partial charge in [0.15, 0.2) is 6.61 Å². The van der Waals surface area contributed by atoms with E-state index < -0.39 is 11.8 Å². The molecule has 0 radical (unpaired) electrons. The quantitative estimate of drug-likeness (QED) is 0.395. The van der Waals surface area contributed by atoms with Gasteiger partial charge >= 0.3 is 0 Å². The standard InChI is InChI=1S/C24H22Br2N2O5/c25-17-6-9-20-16(12-17)5-10-21(23(20)26)33-14-22(29)27-28-24(30)15-3-7-18(8-4-15)32-13-19-2-1-11-31-19/h3-10,12,19H,1-2,11,13-14H2,(H,27,29)(H,28,30). The van der Waals surface area contributed by atoms with Crippen molar-refractivity contribution in [3.8, 4) is 11.5 Å². The maximum Gasteiger partial charge on any atom is 0.276 e. The van der Waals surface area contributed by atoms with Gasteiger partial charge < -0.3 is 14.2 Å². The molecule has 1 fully saturated rings. The highest BCUT2D eigenvalue weighted by Crippen LogP contribution is 2.34. The maximum atomic E-state index is 12.3. The maximum absolute atomic E-state index is 12.3. The highest BCUT2D eigenvalue weighted by Gasteiger charge is 2.16. The first-order valence-electron chi connectivity index (χ1n) is 10.4. The number of amides is 2. The summed E-state index contributed by atoms with van der Waals surface area (Å²) in [6, 6.07) is 16.3. The van der Waals surface area contributed by atoms with Gasteiger partial charge in [-0.05, 0) is 82.0 Å². The summed E-state index contributed by atoms with van der Waals surface area (Å²) in [5.41, 5.74) is 5.14. The molecule has 7 nitrogen and oxygen atoms in total. The Labute approximate surface area is 208 Å². The lowest BCUT2D eigenvalue weighted by Crippen LogP contribution is -2.43. The first-order chi connectivity index (χ1) is 16.0. The number of hydrogen-bond donors (Lipinski definition) is 2. The third-order valence-corrected chi connectivity index (χ3v) is 6.44. The summed E-state index contributed by atoms with van der Waals surface area (Å²) < 4.78 is 18.6. The number of hydrazine groups is 1. The Hall–Kier alpha value is -2.62. The van der Waals surface area contributed by atoms with Gasteiger partial charge in [0.05, 0.1) is 10.6 Å². The van der Waals surface area contributed by atoms with E-state index in [2.05, 4.69) is 42.7 Å². The van der Waals surface area contributed by atoms with E-state index in [-0.39, 0.29) is 12.7 Å². The smallest absolute Gasteiger partial charge is 0.276 e. The molecule has 1 aliphatic rings. The highest BCUT2D eigenvalue weighted by atomic mass is 79.9. The van der Waals surface area contributed by atoms with E-state index in [0.29, 0.717) is 23.7 Å². The second kappa shape index (κ2) is 11.0. The zero-order chi connectivity index (χ0) is 23.2. The van der Waals surface area contributed by atoms with E-state index >= 15 is 0 Å². The summed E-state index contributed by atoms with van der Waals surface area (Å²) in [6.45, 7) is 1.02. The van der Waals surface area contributed by atoms with Crippen LogP contribution in [0.3, 0.4) is 0 Å². The monoisotopic (exact) mass is 576 g/mol. The van der Waals surface area contributed by atoms with Crippen LogP contribution in [0, 0.1) is 0 Å². The molecule has 0 aromatic heterocycles. The van der Waals surface area contributed by atoms with E-state index in [1.165, 1.54) is 0 Å². The predicted octanol–water partition coefficient (Wildman–Crippen LogP) is 4.76. The Bertz CT molecular complexity index is 1150. The average molecular weight is 578 g/mol. The van der Waals surface area contributed by atoms with Crippen LogP contribution in [0.1, 0.15) is 23.2 Å². The molecule has 0 spiro atoms. The summed E-state index contributed by atoms with van der Waals surface area (Å²) in [7, 11) is 0. The summed E-state index contributed by atoms with van der Waals surface area (Å²) in [5.74, 6) is 0.270. The third kappa shape index (κ3) is 6.25. The zero-order valence-corrected chi connectivity index (χ0v) is 20.8. The highest BCUT2D eigenvalue weighted by molar-refractivity contribution is 9.11. The minimum Gasteiger partial charge on any atom is -0.491 e. The molecular weight excluding hydrogens is 556 g/mol. The van der Waals surface area contributed by atoms with Gasteiger partial charge in [0, 0.05) is 16.6 Å². The Morgan fingerprint density at radius 1 is 1.00 bits per heavy atom. The molecule has 172 valence electrons. The SMILES string of the molecule is O=C(COc1ccc2cc(Br)ccc2c1Br)NNC(=O)c1ccc(OCC2CCCO2)cc1. The van der Waals surface area contributed by atoms with Crippen LogP contribution >= 0.6 is 31.9 Å². The first kappa shape index (κ1) is 23.5. The van der Waals surface area contributed by atoms with Crippen molar-refractivity contribution in [1.82, 2.24) is 10.9 Å². The van der Waals surface area contributed by atoms with E-state index in [1.54, 1.807) is 30.3 Å². The number of fused-ring (bicyclic) bond motifs is 1. The molecule has 1 heterocycles. The van der Waals surface area contributed by atoms with Gasteiger partial charge in [-0.2, -0.15) is 0 Å². The van der Waals surface area contributed by atoms with Gasteiger partial charge in [0.2, 0.25) is 0 Å². The van der Waals surface area contributed by atoms with Crippen molar-refractivity contribution in [2.45, 2.75) is 18.9 Å². The predicted molar refractivity (Wildman–Crippen MR) is 131 cm³/mol. The molecule has 33 heavy (non-hydrogen) atoms. The number of carbonyl (C=O) groups excluding carboxylic acids is 2. The lowest BCUT2D eigenvalue weighted by Gasteiger charge is -2.12. The third-order valence-electron chi connectivity index (χ3n) is 5.13. The van der Waals surface area contributed by atoms with Gasteiger partial charge in [-0.15, -0.1) is 0 Å². The topological polar surface area (TPSA) is 85.9 Å². The molecule has 1 saturated heterocycles. The zero-order valence-electron chi connectivity index (χ0n) is 17.6. The Balaban J connectivity index is 1.24. The number of hydrogen-bond acceptors (Lipinski definition) is 5. The van der Waals surface area contributed by atoms with Crippen LogP contribution in [0.25, 0.3) is 10.8 Å². The van der Waals surface area contributed by atoms with E-state index in [0.717, 1.165) is 39.2 Å². The molecule has 2 N–H and O–H groups in total. The van der Waals surface area contributed by atoms with Crippen LogP contribution in [0.2, 0.25) is 0 Å². The number of benzene rings is 3. The molecule has 0 saturated carbocycles. The second-order valence-electron chi connectivity index (χ2n) is 7.50. The van der Waals surface area contributed by atoms with Crippen molar-refractivity contribution in [1.29, 1.82) is 0 Å². The van der Waals surface area contributed by atoms with Crippen LogP contribution in [0.15, 0.2) is 63.5 Å². The minimum atomic E-state index is -0.484. The van der Waals surface area contributed by atoms with Crippen LogP contribution in [-0.4, -0.2) is 37.7 Å². The molecule has 3 aromatic rings. The molecule has 1 unspecified atom stereocenters. The lowest BCUT2D eigenvalue weighted by atomic mass is 10.1. The second-order valence-corrected chi connectivity index (χ2v) is 9.21. The molecule has 0 aliphatic carbocycles. The van der Waals surface area contributed by atoms with Gasteiger partial charge in [-0.25, -0.2) is 0 Å². The fraction of sp³-hybridized carbons (Fsp3) is 0.250. The number of ether oxygens (including phenoxy) is 3. The summed E-state index contributed by atoms with van der Waals surface area (Å²) >= 11 is 6.98. The van der Waals surface area contributed by atoms with Gasteiger partial charge in [0.25, 0.3) is 11.8 Å². The Morgan fingerprint density at radius 3 is 2.58 bits per heavy atom. The summed E-state index contributed by atoms with van der Waals surface area (Å²) in [6.07, 6.45) is 2.18. The van der Waals surface area contributed by atoms with Crippen LogP contribution in [0.5, 0.6) is 11.5 Å². The molecule has 1 atom stereocenters. The Kier molecular flexibility index (Phi) is 7.85. The van der Waals surface area contributed by atoms with Crippen LogP contribution in [0.4, 0.5) is 0 Å². The van der Waals surface area contributed by atoms with Gasteiger partial charge in [0.1, 0.15) is 18.1 Å². The molecule has 2 amide bonds. The van der Waals surface area contributed by atoms with Crippen molar-refractivity contribution >= 4 is 54.4 Å². The van der Waals surface area contributed by atoms with Gasteiger partial charge in [-0.3, -0.25) is 20.4 Å². The van der Waals surface area contributed by atoms with Crippen molar-refractivity contribution in [3.05, 3.63) is 69.1 Å². The fourth-order valence-electron chi connectivity index (χ4n) is 3.40. The molecule has 0 bridgehead atoms. The number of rotatable bonds is 7. The van der Waals surface area contributed by atoms with Gasteiger partial charge in [-0.1, -0.05) is 28.1 Å². The minimum absolute atomic E-state index is 0.128. The first-order valence-corrected chi connectivity index (χ1v) is 12.0. The summed E-state index contributed by atoms with van der Waals surface area (Å²) in [4.78, 5) is 24.4. The largest absolute Gasteiger partial charge is 0.491 e. The normalized spacial score (nSPS) is 15.3. The molecule has 4 rings (SSSR count).